The molecule has 5 N–H and O–H groups in total. The van der Waals surface area contributed by atoms with Gasteiger partial charge in [-0.2, -0.15) is 0 Å². The molecule has 0 fully saturated rings. The van der Waals surface area contributed by atoms with Crippen molar-refractivity contribution in [3.8, 4) is 0 Å². The summed E-state index contributed by atoms with van der Waals surface area (Å²) in [5, 5.41) is 8.93. The zero-order valence-corrected chi connectivity index (χ0v) is 11.1. The Bertz CT molecular complexity index is 444. The van der Waals surface area contributed by atoms with E-state index < -0.39 is 5.97 Å². The summed E-state index contributed by atoms with van der Waals surface area (Å²) in [4.78, 5) is 13.1. The van der Waals surface area contributed by atoms with E-state index in [0.717, 1.165) is 18.5 Å². The van der Waals surface area contributed by atoms with E-state index in [1.54, 1.807) is 6.07 Å². The molecular weight excluding hydrogens is 230 g/mol. The Morgan fingerprint density at radius 3 is 2.44 bits per heavy atom. The van der Waals surface area contributed by atoms with Crippen LogP contribution in [-0.4, -0.2) is 35.6 Å². The Hall–Kier alpha value is -1.75. The van der Waals surface area contributed by atoms with E-state index >= 15 is 0 Å². The number of hydrogen-bond donors (Lipinski definition) is 3. The number of nitrogen functional groups attached to an aromatic ring is 2. The maximum atomic E-state index is 10.9. The highest BCUT2D eigenvalue weighted by Gasteiger charge is 2.13. The van der Waals surface area contributed by atoms with Crippen LogP contribution in [0.1, 0.15) is 29.8 Å². The number of hydrogen-bond acceptors (Lipinski definition) is 4. The summed E-state index contributed by atoms with van der Waals surface area (Å²) in [6.45, 7) is 5.09. The quantitative estimate of drug-likeness (QED) is 0.688. The largest absolute Gasteiger partial charge is 0.478 e. The van der Waals surface area contributed by atoms with Crippen molar-refractivity contribution in [3.05, 3.63) is 23.3 Å². The summed E-state index contributed by atoms with van der Waals surface area (Å²) in [6, 6.07) is 3.71. The van der Waals surface area contributed by atoms with E-state index in [2.05, 4.69) is 18.7 Å². The van der Waals surface area contributed by atoms with Gasteiger partial charge in [-0.3, -0.25) is 0 Å². The van der Waals surface area contributed by atoms with E-state index in [-0.39, 0.29) is 11.3 Å². The molecule has 0 heterocycles. The van der Waals surface area contributed by atoms with Crippen LogP contribution in [0.15, 0.2) is 12.1 Å². The summed E-state index contributed by atoms with van der Waals surface area (Å²) in [5.74, 6) is -1.05. The lowest BCUT2D eigenvalue weighted by atomic mass is 10.0. The van der Waals surface area contributed by atoms with Crippen molar-refractivity contribution in [2.75, 3.05) is 25.1 Å². The molecule has 5 heteroatoms. The first-order valence-corrected chi connectivity index (χ1v) is 5.95. The molecule has 1 aromatic rings. The molecule has 1 rings (SSSR count). The van der Waals surface area contributed by atoms with Crippen LogP contribution >= 0.6 is 0 Å². The second kappa shape index (κ2) is 5.73. The van der Waals surface area contributed by atoms with Gasteiger partial charge in [0.2, 0.25) is 0 Å². The number of carboxylic acid groups (broad SMARTS) is 1. The molecule has 0 bridgehead atoms. The van der Waals surface area contributed by atoms with E-state index in [4.69, 9.17) is 16.6 Å². The number of benzene rings is 1. The standard InChI is InChI=1S/C13H21N3O2/c1-8(2)16(3)7-6-9-4-5-10(13(17)18)12(15)11(9)14/h4-5,8H,6-7,14-15H2,1-3H3,(H,17,18). The van der Waals surface area contributed by atoms with Crippen LogP contribution in [0.2, 0.25) is 0 Å². The van der Waals surface area contributed by atoms with Gasteiger partial charge in [-0.1, -0.05) is 6.07 Å². The van der Waals surface area contributed by atoms with E-state index in [1.165, 1.54) is 6.07 Å². The van der Waals surface area contributed by atoms with Gasteiger partial charge in [-0.05, 0) is 38.9 Å². The van der Waals surface area contributed by atoms with Crippen LogP contribution in [0.4, 0.5) is 11.4 Å². The molecule has 0 amide bonds. The van der Waals surface area contributed by atoms with Crippen molar-refractivity contribution in [3.63, 3.8) is 0 Å². The lowest BCUT2D eigenvalue weighted by molar-refractivity contribution is 0.0698. The first kappa shape index (κ1) is 14.3. The van der Waals surface area contributed by atoms with Crippen molar-refractivity contribution >= 4 is 17.3 Å². The molecule has 100 valence electrons. The van der Waals surface area contributed by atoms with Gasteiger partial charge < -0.3 is 21.5 Å². The molecule has 0 saturated heterocycles. The van der Waals surface area contributed by atoms with Gasteiger partial charge in [0.15, 0.2) is 0 Å². The van der Waals surface area contributed by atoms with E-state index in [0.29, 0.717) is 11.7 Å². The fraction of sp³-hybridized carbons (Fsp3) is 0.462. The summed E-state index contributed by atoms with van der Waals surface area (Å²) in [5.41, 5.74) is 13.1. The van der Waals surface area contributed by atoms with Crippen molar-refractivity contribution in [1.29, 1.82) is 0 Å². The maximum absolute atomic E-state index is 10.9. The van der Waals surface area contributed by atoms with Crippen LogP contribution in [-0.2, 0) is 6.42 Å². The average molecular weight is 251 g/mol. The molecule has 0 aliphatic heterocycles. The molecule has 1 aromatic carbocycles. The molecule has 0 radical (unpaired) electrons. The molecule has 0 aliphatic carbocycles. The van der Waals surface area contributed by atoms with Crippen LogP contribution in [0.25, 0.3) is 0 Å². The summed E-state index contributed by atoms with van der Waals surface area (Å²) in [7, 11) is 2.04. The molecule has 18 heavy (non-hydrogen) atoms. The monoisotopic (exact) mass is 251 g/mol. The number of nitrogens with zero attached hydrogens (tertiary/aromatic N) is 1. The Kier molecular flexibility index (Phi) is 4.55. The highest BCUT2D eigenvalue weighted by molar-refractivity contribution is 5.97. The highest BCUT2D eigenvalue weighted by Crippen LogP contribution is 2.25. The minimum Gasteiger partial charge on any atom is -0.478 e. The maximum Gasteiger partial charge on any atom is 0.337 e. The molecule has 0 aliphatic rings. The fourth-order valence-corrected chi connectivity index (χ4v) is 1.64. The van der Waals surface area contributed by atoms with Crippen LogP contribution in [0.3, 0.4) is 0 Å². The van der Waals surface area contributed by atoms with Crippen molar-refractivity contribution < 1.29 is 9.90 Å². The number of anilines is 2. The lowest BCUT2D eigenvalue weighted by Gasteiger charge is -2.21. The normalized spacial score (nSPS) is 11.2. The summed E-state index contributed by atoms with van der Waals surface area (Å²) < 4.78 is 0. The van der Waals surface area contributed by atoms with Gasteiger partial charge in [-0.25, -0.2) is 4.79 Å². The molecule has 0 aromatic heterocycles. The number of nitrogens with two attached hydrogens (primary N) is 2. The topological polar surface area (TPSA) is 92.6 Å². The Morgan fingerprint density at radius 2 is 1.94 bits per heavy atom. The number of likely N-dealkylation sites (N-methyl/N-ethyl adjacent to an activating group) is 1. The highest BCUT2D eigenvalue weighted by atomic mass is 16.4. The number of rotatable bonds is 5. The molecule has 0 saturated carbocycles. The second-order valence-corrected chi connectivity index (χ2v) is 4.73. The van der Waals surface area contributed by atoms with Crippen LogP contribution < -0.4 is 11.5 Å². The molecule has 0 atom stereocenters. The Labute approximate surface area is 107 Å². The molecule has 0 spiro atoms. The van der Waals surface area contributed by atoms with Crippen molar-refractivity contribution in [2.45, 2.75) is 26.3 Å². The summed E-state index contributed by atoms with van der Waals surface area (Å²) >= 11 is 0. The third-order valence-corrected chi connectivity index (χ3v) is 3.22. The lowest BCUT2D eigenvalue weighted by Crippen LogP contribution is -2.28. The molecule has 0 unspecified atom stereocenters. The van der Waals surface area contributed by atoms with Crippen LogP contribution in [0, 0.1) is 0 Å². The SMILES string of the molecule is CC(C)N(C)CCc1ccc(C(=O)O)c(N)c1N. The zero-order valence-electron chi connectivity index (χ0n) is 11.1. The minimum absolute atomic E-state index is 0.0634. The molecular formula is C13H21N3O2. The third kappa shape index (κ3) is 3.13. The second-order valence-electron chi connectivity index (χ2n) is 4.73. The number of carboxylic acids is 1. The summed E-state index contributed by atoms with van der Waals surface area (Å²) in [6.07, 6.45) is 0.755. The van der Waals surface area contributed by atoms with Gasteiger partial charge in [0.25, 0.3) is 0 Å². The average Bonchev–Trinajstić information content (AvgIpc) is 2.30. The van der Waals surface area contributed by atoms with Crippen molar-refractivity contribution in [2.24, 2.45) is 0 Å². The Morgan fingerprint density at radius 1 is 1.33 bits per heavy atom. The van der Waals surface area contributed by atoms with E-state index in [1.807, 2.05) is 7.05 Å². The van der Waals surface area contributed by atoms with Gasteiger partial charge in [0, 0.05) is 12.6 Å². The van der Waals surface area contributed by atoms with Gasteiger partial charge >= 0.3 is 5.97 Å². The first-order valence-electron chi connectivity index (χ1n) is 5.95. The predicted molar refractivity (Wildman–Crippen MR) is 73.7 cm³/mol. The number of aromatic carboxylic acids is 1. The fourth-order valence-electron chi connectivity index (χ4n) is 1.64. The first-order chi connectivity index (χ1) is 8.34. The van der Waals surface area contributed by atoms with Gasteiger partial charge in [0.05, 0.1) is 16.9 Å². The van der Waals surface area contributed by atoms with Gasteiger partial charge in [0.1, 0.15) is 0 Å². The minimum atomic E-state index is -1.05. The van der Waals surface area contributed by atoms with Crippen molar-refractivity contribution in [1.82, 2.24) is 4.90 Å². The zero-order chi connectivity index (χ0) is 13.9. The Balaban J connectivity index is 2.86. The van der Waals surface area contributed by atoms with Crippen LogP contribution in [0.5, 0.6) is 0 Å². The predicted octanol–water partition coefficient (Wildman–Crippen LogP) is 1.43. The molecule has 5 nitrogen and oxygen atoms in total. The smallest absolute Gasteiger partial charge is 0.337 e. The van der Waals surface area contributed by atoms with Gasteiger partial charge in [-0.15, -0.1) is 0 Å². The van der Waals surface area contributed by atoms with E-state index in [9.17, 15) is 4.79 Å². The number of carbonyl (C=O) groups is 1. The third-order valence-electron chi connectivity index (χ3n) is 3.22.